The molecule has 0 amide bonds. The molecule has 2 atom stereocenters. The van der Waals surface area contributed by atoms with Crippen molar-refractivity contribution in [2.75, 3.05) is 18.0 Å². The van der Waals surface area contributed by atoms with Crippen molar-refractivity contribution in [3.8, 4) is 0 Å². The second kappa shape index (κ2) is 5.29. The molecule has 18 heavy (non-hydrogen) atoms. The molecule has 0 bridgehead atoms. The molecule has 1 aromatic rings. The molecule has 1 aliphatic rings. The molecule has 0 saturated carbocycles. The lowest BCUT2D eigenvalue weighted by Crippen LogP contribution is -2.40. The SMILES string of the molecule is CC1Cc2ccccc2N(CC(C)/C(N)=N/O)C1. The monoisotopic (exact) mass is 247 g/mol. The van der Waals surface area contributed by atoms with Crippen LogP contribution in [0.15, 0.2) is 29.4 Å². The lowest BCUT2D eigenvalue weighted by atomic mass is 9.93. The van der Waals surface area contributed by atoms with Gasteiger partial charge in [-0.1, -0.05) is 37.2 Å². The van der Waals surface area contributed by atoms with Crippen LogP contribution in [0.4, 0.5) is 5.69 Å². The first kappa shape index (κ1) is 12.7. The van der Waals surface area contributed by atoms with E-state index in [1.165, 1.54) is 11.3 Å². The third kappa shape index (κ3) is 2.58. The van der Waals surface area contributed by atoms with Crippen molar-refractivity contribution in [2.45, 2.75) is 20.3 Å². The van der Waals surface area contributed by atoms with Crippen molar-refractivity contribution in [1.82, 2.24) is 0 Å². The summed E-state index contributed by atoms with van der Waals surface area (Å²) in [7, 11) is 0. The quantitative estimate of drug-likeness (QED) is 0.372. The van der Waals surface area contributed by atoms with E-state index >= 15 is 0 Å². The van der Waals surface area contributed by atoms with Crippen molar-refractivity contribution >= 4 is 11.5 Å². The Hall–Kier alpha value is -1.71. The van der Waals surface area contributed by atoms with Crippen molar-refractivity contribution in [1.29, 1.82) is 0 Å². The minimum Gasteiger partial charge on any atom is -0.409 e. The molecular weight excluding hydrogens is 226 g/mol. The Morgan fingerprint density at radius 3 is 3.00 bits per heavy atom. The standard InChI is InChI=1S/C14H21N3O/c1-10-7-12-5-3-4-6-13(12)17(8-10)9-11(2)14(15)16-18/h3-6,10-11,18H,7-9H2,1-2H3,(H2,15,16). The average molecular weight is 247 g/mol. The van der Waals surface area contributed by atoms with Gasteiger partial charge in [-0.2, -0.15) is 0 Å². The predicted octanol–water partition coefficient (Wildman–Crippen LogP) is 2.07. The normalized spacial score (nSPS) is 21.6. The fraction of sp³-hybridized carbons (Fsp3) is 0.500. The highest BCUT2D eigenvalue weighted by molar-refractivity contribution is 5.82. The largest absolute Gasteiger partial charge is 0.409 e. The molecule has 1 aliphatic heterocycles. The van der Waals surface area contributed by atoms with Crippen LogP contribution in [0.5, 0.6) is 0 Å². The summed E-state index contributed by atoms with van der Waals surface area (Å²) in [4.78, 5) is 2.34. The summed E-state index contributed by atoms with van der Waals surface area (Å²) in [6, 6.07) is 8.49. The number of nitrogens with two attached hydrogens (primary N) is 1. The van der Waals surface area contributed by atoms with Gasteiger partial charge in [0.15, 0.2) is 0 Å². The van der Waals surface area contributed by atoms with E-state index in [1.807, 2.05) is 6.92 Å². The Morgan fingerprint density at radius 2 is 2.28 bits per heavy atom. The van der Waals surface area contributed by atoms with E-state index in [-0.39, 0.29) is 5.92 Å². The van der Waals surface area contributed by atoms with Gasteiger partial charge < -0.3 is 15.8 Å². The third-order valence-corrected chi connectivity index (χ3v) is 3.55. The first-order chi connectivity index (χ1) is 8.61. The maximum atomic E-state index is 8.73. The molecule has 0 aliphatic carbocycles. The molecule has 0 fully saturated rings. The Bertz CT molecular complexity index is 444. The highest BCUT2D eigenvalue weighted by Gasteiger charge is 2.23. The lowest BCUT2D eigenvalue weighted by molar-refractivity contribution is 0.314. The molecule has 4 nitrogen and oxygen atoms in total. The van der Waals surface area contributed by atoms with Crippen molar-refractivity contribution in [3.63, 3.8) is 0 Å². The summed E-state index contributed by atoms with van der Waals surface area (Å²) in [5.74, 6) is 0.985. The second-order valence-electron chi connectivity index (χ2n) is 5.27. The van der Waals surface area contributed by atoms with Gasteiger partial charge in [-0.25, -0.2) is 0 Å². The number of fused-ring (bicyclic) bond motifs is 1. The summed E-state index contributed by atoms with van der Waals surface area (Å²) in [5.41, 5.74) is 8.34. The van der Waals surface area contributed by atoms with Gasteiger partial charge in [0.05, 0.1) is 0 Å². The third-order valence-electron chi connectivity index (χ3n) is 3.55. The molecule has 1 heterocycles. The summed E-state index contributed by atoms with van der Waals surface area (Å²) in [5, 5.41) is 11.8. The van der Waals surface area contributed by atoms with Crippen LogP contribution in [0, 0.1) is 11.8 Å². The Balaban J connectivity index is 2.19. The van der Waals surface area contributed by atoms with Gasteiger partial charge in [0.1, 0.15) is 5.84 Å². The first-order valence-corrected chi connectivity index (χ1v) is 6.42. The number of rotatable bonds is 3. The van der Waals surface area contributed by atoms with Crippen molar-refractivity contribution in [3.05, 3.63) is 29.8 Å². The van der Waals surface area contributed by atoms with Crippen molar-refractivity contribution in [2.24, 2.45) is 22.7 Å². The Labute approximate surface area is 108 Å². The zero-order valence-electron chi connectivity index (χ0n) is 11.0. The molecule has 4 heteroatoms. The molecule has 3 N–H and O–H groups in total. The molecule has 0 spiro atoms. The van der Waals surface area contributed by atoms with Gasteiger partial charge in [0.25, 0.3) is 0 Å². The van der Waals surface area contributed by atoms with E-state index < -0.39 is 0 Å². The smallest absolute Gasteiger partial charge is 0.143 e. The lowest BCUT2D eigenvalue weighted by Gasteiger charge is -2.36. The summed E-state index contributed by atoms with van der Waals surface area (Å²) >= 11 is 0. The van der Waals surface area contributed by atoms with Gasteiger partial charge in [-0.15, -0.1) is 0 Å². The maximum absolute atomic E-state index is 8.73. The van der Waals surface area contributed by atoms with Crippen LogP contribution in [0.25, 0.3) is 0 Å². The molecule has 1 aromatic carbocycles. The topological polar surface area (TPSA) is 61.8 Å². The van der Waals surface area contributed by atoms with Crippen LogP contribution >= 0.6 is 0 Å². The van der Waals surface area contributed by atoms with Crippen LogP contribution in [0.3, 0.4) is 0 Å². The van der Waals surface area contributed by atoms with E-state index in [1.54, 1.807) is 0 Å². The van der Waals surface area contributed by atoms with E-state index in [4.69, 9.17) is 10.9 Å². The molecule has 0 saturated heterocycles. The van der Waals surface area contributed by atoms with Gasteiger partial charge in [0.2, 0.25) is 0 Å². The molecule has 2 rings (SSSR count). The average Bonchev–Trinajstić information content (AvgIpc) is 2.37. The molecule has 0 aromatic heterocycles. The second-order valence-corrected chi connectivity index (χ2v) is 5.27. The zero-order valence-corrected chi connectivity index (χ0v) is 11.0. The molecule has 98 valence electrons. The summed E-state index contributed by atoms with van der Waals surface area (Å²) in [6.45, 7) is 6.06. The minimum absolute atomic E-state index is 0.0494. The van der Waals surface area contributed by atoms with Crippen molar-refractivity contribution < 1.29 is 5.21 Å². The fourth-order valence-electron chi connectivity index (χ4n) is 2.60. The number of hydrogen-bond donors (Lipinski definition) is 2. The van der Waals surface area contributed by atoms with Crippen LogP contribution in [-0.4, -0.2) is 24.1 Å². The van der Waals surface area contributed by atoms with Gasteiger partial charge in [-0.05, 0) is 24.0 Å². The van der Waals surface area contributed by atoms with Crippen LogP contribution in [-0.2, 0) is 6.42 Å². The number of hydrogen-bond acceptors (Lipinski definition) is 3. The maximum Gasteiger partial charge on any atom is 0.143 e. The van der Waals surface area contributed by atoms with E-state index in [2.05, 4.69) is 41.2 Å². The van der Waals surface area contributed by atoms with Gasteiger partial charge in [0, 0.05) is 24.7 Å². The number of nitrogens with zero attached hydrogens (tertiary/aromatic N) is 2. The van der Waals surface area contributed by atoms with E-state index in [0.717, 1.165) is 19.5 Å². The van der Waals surface area contributed by atoms with Crippen LogP contribution in [0.1, 0.15) is 19.4 Å². The highest BCUT2D eigenvalue weighted by Crippen LogP contribution is 2.29. The van der Waals surface area contributed by atoms with Gasteiger partial charge >= 0.3 is 0 Å². The van der Waals surface area contributed by atoms with Crippen LogP contribution < -0.4 is 10.6 Å². The van der Waals surface area contributed by atoms with Crippen LogP contribution in [0.2, 0.25) is 0 Å². The molecule has 0 radical (unpaired) electrons. The Kier molecular flexibility index (Phi) is 3.75. The minimum atomic E-state index is 0.0494. The molecular formula is C14H21N3O. The number of benzene rings is 1. The fourth-order valence-corrected chi connectivity index (χ4v) is 2.60. The number of oxime groups is 1. The number of para-hydroxylation sites is 1. The summed E-state index contributed by atoms with van der Waals surface area (Å²) in [6.07, 6.45) is 1.13. The highest BCUT2D eigenvalue weighted by atomic mass is 16.4. The van der Waals surface area contributed by atoms with E-state index in [9.17, 15) is 0 Å². The van der Waals surface area contributed by atoms with Gasteiger partial charge in [-0.3, -0.25) is 0 Å². The predicted molar refractivity (Wildman–Crippen MR) is 74.1 cm³/mol. The van der Waals surface area contributed by atoms with E-state index in [0.29, 0.717) is 11.8 Å². The number of amidine groups is 1. The Morgan fingerprint density at radius 1 is 1.56 bits per heavy atom. The number of anilines is 1. The zero-order chi connectivity index (χ0) is 13.1. The first-order valence-electron chi connectivity index (χ1n) is 6.42. The summed E-state index contributed by atoms with van der Waals surface area (Å²) < 4.78 is 0. The molecule has 2 unspecified atom stereocenters.